The van der Waals surface area contributed by atoms with Gasteiger partial charge in [-0.25, -0.2) is 0 Å². The van der Waals surface area contributed by atoms with Gasteiger partial charge in [-0.3, -0.25) is 0 Å². The molecule has 0 aliphatic carbocycles. The van der Waals surface area contributed by atoms with Crippen LogP contribution >= 0.6 is 0 Å². The quantitative estimate of drug-likeness (QED) is 0.214. The molecule has 0 heterocycles. The molecule has 1 rings (SSSR count). The highest BCUT2D eigenvalue weighted by Gasteiger charge is 2.22. The van der Waals surface area contributed by atoms with Crippen LogP contribution in [0.15, 0.2) is 6.07 Å². The van der Waals surface area contributed by atoms with Crippen molar-refractivity contribution in [3.05, 3.63) is 11.6 Å². The SMILES string of the molecule is CCCCCCCCc1cc(OCCCCC)c(OC)c(OC)c1OCCCCC. The summed E-state index contributed by atoms with van der Waals surface area (Å²) in [5.41, 5.74) is 1.17. The van der Waals surface area contributed by atoms with Gasteiger partial charge in [-0.15, -0.1) is 0 Å². The first kappa shape index (κ1) is 26.5. The van der Waals surface area contributed by atoms with Crippen molar-refractivity contribution in [1.82, 2.24) is 0 Å². The lowest BCUT2D eigenvalue weighted by Gasteiger charge is -2.21. The zero-order valence-corrected chi connectivity index (χ0v) is 20.3. The highest BCUT2D eigenvalue weighted by atomic mass is 16.5. The molecule has 0 atom stereocenters. The lowest BCUT2D eigenvalue weighted by atomic mass is 10.0. The number of ether oxygens (including phenoxy) is 4. The van der Waals surface area contributed by atoms with Crippen molar-refractivity contribution < 1.29 is 18.9 Å². The minimum absolute atomic E-state index is 0.645. The van der Waals surface area contributed by atoms with Gasteiger partial charge in [0.15, 0.2) is 11.5 Å². The molecule has 0 aromatic heterocycles. The minimum Gasteiger partial charge on any atom is -0.490 e. The summed E-state index contributed by atoms with van der Waals surface area (Å²) in [6.45, 7) is 8.06. The third-order valence-corrected chi connectivity index (χ3v) is 5.44. The minimum atomic E-state index is 0.645. The van der Waals surface area contributed by atoms with Gasteiger partial charge in [0.2, 0.25) is 11.5 Å². The summed E-state index contributed by atoms with van der Waals surface area (Å²) < 4.78 is 23.8. The molecule has 0 bridgehead atoms. The molecule has 174 valence electrons. The van der Waals surface area contributed by atoms with Gasteiger partial charge in [0.1, 0.15) is 0 Å². The van der Waals surface area contributed by atoms with Crippen molar-refractivity contribution >= 4 is 0 Å². The second-order valence-electron chi connectivity index (χ2n) is 8.06. The summed E-state index contributed by atoms with van der Waals surface area (Å²) in [4.78, 5) is 0. The zero-order chi connectivity index (χ0) is 22.0. The molecule has 1 aromatic carbocycles. The molecule has 4 nitrogen and oxygen atoms in total. The van der Waals surface area contributed by atoms with Crippen molar-refractivity contribution in [2.24, 2.45) is 0 Å². The number of hydrogen-bond acceptors (Lipinski definition) is 4. The van der Waals surface area contributed by atoms with Crippen LogP contribution in [0.5, 0.6) is 23.0 Å². The smallest absolute Gasteiger partial charge is 0.207 e. The van der Waals surface area contributed by atoms with E-state index in [2.05, 4.69) is 26.8 Å². The molecule has 0 aliphatic rings. The third kappa shape index (κ3) is 9.49. The number of rotatable bonds is 19. The van der Waals surface area contributed by atoms with Crippen molar-refractivity contribution in [3.63, 3.8) is 0 Å². The predicted molar refractivity (Wildman–Crippen MR) is 127 cm³/mol. The number of aryl methyl sites for hydroxylation is 1. The highest BCUT2D eigenvalue weighted by molar-refractivity contribution is 5.63. The second-order valence-corrected chi connectivity index (χ2v) is 8.06. The van der Waals surface area contributed by atoms with Crippen LogP contribution in [0.1, 0.15) is 103 Å². The van der Waals surface area contributed by atoms with E-state index in [0.29, 0.717) is 24.7 Å². The fourth-order valence-corrected chi connectivity index (χ4v) is 3.64. The monoisotopic (exact) mass is 422 g/mol. The lowest BCUT2D eigenvalue weighted by Crippen LogP contribution is -2.07. The Labute approximate surface area is 185 Å². The first-order valence-corrected chi connectivity index (χ1v) is 12.3. The molecule has 0 amide bonds. The molecule has 0 fully saturated rings. The maximum atomic E-state index is 6.24. The van der Waals surface area contributed by atoms with Crippen LogP contribution in [0.3, 0.4) is 0 Å². The summed E-state index contributed by atoms with van der Waals surface area (Å²) in [6.07, 6.45) is 15.4. The zero-order valence-electron chi connectivity index (χ0n) is 20.3. The van der Waals surface area contributed by atoms with E-state index in [1.165, 1.54) is 63.4 Å². The van der Waals surface area contributed by atoms with E-state index in [4.69, 9.17) is 18.9 Å². The van der Waals surface area contributed by atoms with Gasteiger partial charge in [0, 0.05) is 5.56 Å². The summed E-state index contributed by atoms with van der Waals surface area (Å²) in [6, 6.07) is 2.12. The van der Waals surface area contributed by atoms with E-state index in [-0.39, 0.29) is 0 Å². The summed E-state index contributed by atoms with van der Waals surface area (Å²) in [7, 11) is 3.36. The summed E-state index contributed by atoms with van der Waals surface area (Å²) in [5.74, 6) is 2.92. The Hall–Kier alpha value is -1.58. The number of hydrogen-bond donors (Lipinski definition) is 0. The molecule has 0 radical (unpaired) electrons. The molecular formula is C26H46O4. The molecule has 0 spiro atoms. The number of benzene rings is 1. The van der Waals surface area contributed by atoms with Gasteiger partial charge in [-0.2, -0.15) is 0 Å². The van der Waals surface area contributed by atoms with E-state index in [1.54, 1.807) is 14.2 Å². The molecular weight excluding hydrogens is 376 g/mol. The van der Waals surface area contributed by atoms with Gasteiger partial charge in [0.25, 0.3) is 0 Å². The van der Waals surface area contributed by atoms with Crippen LogP contribution in [-0.2, 0) is 6.42 Å². The van der Waals surface area contributed by atoms with Crippen LogP contribution in [0, 0.1) is 0 Å². The Morgan fingerprint density at radius 2 is 1.10 bits per heavy atom. The average Bonchev–Trinajstić information content (AvgIpc) is 2.76. The molecule has 0 aliphatic heterocycles. The van der Waals surface area contributed by atoms with E-state index in [0.717, 1.165) is 37.2 Å². The van der Waals surface area contributed by atoms with Crippen LogP contribution in [-0.4, -0.2) is 27.4 Å². The van der Waals surface area contributed by atoms with Gasteiger partial charge < -0.3 is 18.9 Å². The number of unbranched alkanes of at least 4 members (excludes halogenated alkanes) is 9. The Kier molecular flexibility index (Phi) is 15.1. The van der Waals surface area contributed by atoms with Gasteiger partial charge in [-0.05, 0) is 31.7 Å². The van der Waals surface area contributed by atoms with Crippen molar-refractivity contribution in [1.29, 1.82) is 0 Å². The predicted octanol–water partition coefficient (Wildman–Crippen LogP) is 7.74. The Morgan fingerprint density at radius 1 is 0.567 bits per heavy atom. The molecule has 0 saturated carbocycles. The van der Waals surface area contributed by atoms with Crippen LogP contribution in [0.25, 0.3) is 0 Å². The van der Waals surface area contributed by atoms with Crippen LogP contribution < -0.4 is 18.9 Å². The first-order valence-electron chi connectivity index (χ1n) is 12.3. The summed E-state index contributed by atoms with van der Waals surface area (Å²) >= 11 is 0. The fraction of sp³-hybridized carbons (Fsp3) is 0.769. The molecule has 4 heteroatoms. The van der Waals surface area contributed by atoms with Gasteiger partial charge in [0.05, 0.1) is 27.4 Å². The van der Waals surface area contributed by atoms with Crippen molar-refractivity contribution in [2.45, 2.75) is 104 Å². The van der Waals surface area contributed by atoms with E-state index in [9.17, 15) is 0 Å². The highest BCUT2D eigenvalue weighted by Crippen LogP contribution is 2.47. The topological polar surface area (TPSA) is 36.9 Å². The Bertz CT molecular complexity index is 556. The maximum Gasteiger partial charge on any atom is 0.207 e. The van der Waals surface area contributed by atoms with Gasteiger partial charge >= 0.3 is 0 Å². The first-order chi connectivity index (χ1) is 14.7. The van der Waals surface area contributed by atoms with Crippen molar-refractivity contribution in [2.75, 3.05) is 27.4 Å². The normalized spacial score (nSPS) is 10.8. The molecule has 0 saturated heterocycles. The van der Waals surface area contributed by atoms with Crippen LogP contribution in [0.4, 0.5) is 0 Å². The lowest BCUT2D eigenvalue weighted by molar-refractivity contribution is 0.256. The van der Waals surface area contributed by atoms with Crippen molar-refractivity contribution in [3.8, 4) is 23.0 Å². The molecule has 0 unspecified atom stereocenters. The molecule has 30 heavy (non-hydrogen) atoms. The van der Waals surface area contributed by atoms with E-state index in [1.807, 2.05) is 0 Å². The fourth-order valence-electron chi connectivity index (χ4n) is 3.64. The molecule has 1 aromatic rings. The molecule has 0 N–H and O–H groups in total. The Morgan fingerprint density at radius 3 is 1.70 bits per heavy atom. The largest absolute Gasteiger partial charge is 0.490 e. The van der Waals surface area contributed by atoms with Gasteiger partial charge in [-0.1, -0.05) is 78.6 Å². The van der Waals surface area contributed by atoms with E-state index < -0.39 is 0 Å². The average molecular weight is 423 g/mol. The standard InChI is InChI=1S/C26H46O4/c1-6-9-12-13-14-15-18-22-21-23(29-19-16-10-7-2)25(27-4)26(28-5)24(22)30-20-17-11-8-3/h21H,6-20H2,1-5H3. The van der Waals surface area contributed by atoms with Crippen LogP contribution in [0.2, 0.25) is 0 Å². The Balaban J connectivity index is 3.00. The second kappa shape index (κ2) is 17.1. The third-order valence-electron chi connectivity index (χ3n) is 5.44. The van der Waals surface area contributed by atoms with E-state index >= 15 is 0 Å². The number of methoxy groups -OCH3 is 2. The maximum absolute atomic E-state index is 6.24. The summed E-state index contributed by atoms with van der Waals surface area (Å²) in [5, 5.41) is 0.